The van der Waals surface area contributed by atoms with Crippen LogP contribution in [-0.4, -0.2) is 35.0 Å². The van der Waals surface area contributed by atoms with Gasteiger partial charge in [0, 0.05) is 0 Å². The maximum Gasteiger partial charge on any atom is 0.339 e. The van der Waals surface area contributed by atoms with E-state index in [9.17, 15) is 28.3 Å². The number of ether oxygens (including phenoxy) is 2. The van der Waals surface area contributed by atoms with E-state index in [4.69, 9.17) is 9.47 Å². The van der Waals surface area contributed by atoms with Crippen molar-refractivity contribution in [3.05, 3.63) is 35.4 Å². The van der Waals surface area contributed by atoms with Crippen molar-refractivity contribution >= 4 is 17.9 Å². The lowest BCUT2D eigenvalue weighted by Gasteiger charge is -2.42. The van der Waals surface area contributed by atoms with Crippen molar-refractivity contribution in [3.63, 3.8) is 0 Å². The summed E-state index contributed by atoms with van der Waals surface area (Å²) in [6.45, 7) is 1.82. The number of esters is 2. The van der Waals surface area contributed by atoms with Crippen LogP contribution in [0, 0.1) is 0 Å². The minimum atomic E-state index is -4.35. The third kappa shape index (κ3) is 4.18. The van der Waals surface area contributed by atoms with Crippen LogP contribution in [0.5, 0.6) is 0 Å². The highest BCUT2D eigenvalue weighted by Gasteiger charge is 2.58. The van der Waals surface area contributed by atoms with Crippen LogP contribution in [0.3, 0.4) is 0 Å². The largest absolute Gasteiger partial charge is 0.544 e. The van der Waals surface area contributed by atoms with Crippen molar-refractivity contribution < 1.29 is 37.7 Å². The summed E-state index contributed by atoms with van der Waals surface area (Å²) in [6.07, 6.45) is 3.86. The van der Waals surface area contributed by atoms with Gasteiger partial charge in [-0.05, 0) is 70.4 Å². The first-order chi connectivity index (χ1) is 14.1. The first kappa shape index (κ1) is 22.2. The first-order valence-electron chi connectivity index (χ1n) is 10.3. The molecule has 2 saturated carbocycles. The Labute approximate surface area is 173 Å². The smallest absolute Gasteiger partial charge is 0.339 e. The van der Waals surface area contributed by atoms with Crippen LogP contribution in [0.1, 0.15) is 85.4 Å². The van der Waals surface area contributed by atoms with E-state index in [1.54, 1.807) is 0 Å². The van der Waals surface area contributed by atoms with Gasteiger partial charge in [0.25, 0.3) is 0 Å². The zero-order valence-corrected chi connectivity index (χ0v) is 16.9. The number of rotatable bonds is 6. The molecule has 0 saturated heterocycles. The molecule has 164 valence electrons. The Hall–Kier alpha value is -2.51. The molecule has 2 aliphatic carbocycles. The molecular formula is C22H25F2O6-. The molecule has 6 nitrogen and oxygen atoms in total. The predicted octanol–water partition coefficient (Wildman–Crippen LogP) is 3.42. The molecule has 0 unspecified atom stereocenters. The highest BCUT2D eigenvalue weighted by Crippen LogP contribution is 2.44. The second kappa shape index (κ2) is 8.32. The fourth-order valence-corrected chi connectivity index (χ4v) is 4.36. The summed E-state index contributed by atoms with van der Waals surface area (Å²) in [7, 11) is 0. The van der Waals surface area contributed by atoms with Crippen molar-refractivity contribution in [1.29, 1.82) is 0 Å². The van der Waals surface area contributed by atoms with Crippen LogP contribution in [0.15, 0.2) is 24.3 Å². The molecule has 0 bridgehead atoms. The van der Waals surface area contributed by atoms with Crippen LogP contribution in [-0.2, 0) is 14.3 Å². The van der Waals surface area contributed by atoms with E-state index in [0.29, 0.717) is 19.3 Å². The summed E-state index contributed by atoms with van der Waals surface area (Å²) in [6, 6.07) is 5.64. The predicted molar refractivity (Wildman–Crippen MR) is 99.9 cm³/mol. The number of hydrogen-bond donors (Lipinski definition) is 0. The van der Waals surface area contributed by atoms with Gasteiger partial charge in [0.05, 0.1) is 11.1 Å². The van der Waals surface area contributed by atoms with Gasteiger partial charge < -0.3 is 19.4 Å². The molecule has 1 aromatic carbocycles. The quantitative estimate of drug-likeness (QED) is 0.651. The minimum Gasteiger partial charge on any atom is -0.544 e. The molecular weight excluding hydrogens is 398 g/mol. The zero-order chi connectivity index (χ0) is 22.0. The average molecular weight is 423 g/mol. The topological polar surface area (TPSA) is 92.7 Å². The number of halogens is 2. The van der Waals surface area contributed by atoms with Crippen LogP contribution >= 0.6 is 0 Å². The Bertz CT molecular complexity index is 823. The number of carboxylic acid groups (broad SMARTS) is 1. The zero-order valence-electron chi connectivity index (χ0n) is 16.9. The van der Waals surface area contributed by atoms with Crippen LogP contribution in [0.4, 0.5) is 8.78 Å². The average Bonchev–Trinajstić information content (AvgIpc) is 3.14. The molecule has 8 heteroatoms. The van der Waals surface area contributed by atoms with E-state index in [0.717, 1.165) is 12.8 Å². The highest BCUT2D eigenvalue weighted by molar-refractivity contribution is 6.03. The maximum atomic E-state index is 14.5. The lowest BCUT2D eigenvalue weighted by Crippen LogP contribution is -2.61. The molecule has 0 amide bonds. The summed E-state index contributed by atoms with van der Waals surface area (Å²) >= 11 is 0. The first-order valence-corrected chi connectivity index (χ1v) is 10.3. The normalized spacial score (nSPS) is 20.4. The summed E-state index contributed by atoms with van der Waals surface area (Å²) in [5.41, 5.74) is -3.47. The van der Waals surface area contributed by atoms with Gasteiger partial charge in [-0.25, -0.2) is 9.59 Å². The minimum absolute atomic E-state index is 0.0987. The van der Waals surface area contributed by atoms with E-state index < -0.39 is 35.0 Å². The molecule has 0 spiro atoms. The molecule has 2 aliphatic rings. The van der Waals surface area contributed by atoms with Crippen LogP contribution in [0.25, 0.3) is 0 Å². The standard InChI is InChI=1S/C22H26F2O6/c1-20(11-7-8-12-20)29-17(25)15-9-3-4-10-16(15)18(26)30-21(13-5-2-6-14-21)22(23,24)19(27)28/h3-4,9-10H,2,5-8,11-14H2,1H3,(H,27,28)/p-1. The summed E-state index contributed by atoms with van der Waals surface area (Å²) < 4.78 is 39.8. The van der Waals surface area contributed by atoms with E-state index in [1.807, 2.05) is 6.92 Å². The van der Waals surface area contributed by atoms with Crippen LogP contribution in [0.2, 0.25) is 0 Å². The molecule has 0 N–H and O–H groups in total. The van der Waals surface area contributed by atoms with Crippen molar-refractivity contribution in [3.8, 4) is 0 Å². The number of alkyl halides is 2. The third-order valence-electron chi connectivity index (χ3n) is 6.15. The summed E-state index contributed by atoms with van der Waals surface area (Å²) in [5.74, 6) is -8.85. The Balaban J connectivity index is 1.87. The Morgan fingerprint density at radius 3 is 1.83 bits per heavy atom. The van der Waals surface area contributed by atoms with Crippen LogP contribution < -0.4 is 5.11 Å². The molecule has 0 aliphatic heterocycles. The van der Waals surface area contributed by atoms with Crippen molar-refractivity contribution in [2.75, 3.05) is 0 Å². The van der Waals surface area contributed by atoms with Crippen molar-refractivity contribution in [2.45, 2.75) is 81.8 Å². The number of hydrogen-bond acceptors (Lipinski definition) is 6. The van der Waals surface area contributed by atoms with Gasteiger partial charge >= 0.3 is 17.9 Å². The Morgan fingerprint density at radius 1 is 0.867 bits per heavy atom. The summed E-state index contributed by atoms with van der Waals surface area (Å²) in [5, 5.41) is 11.1. The maximum absolute atomic E-state index is 14.5. The summed E-state index contributed by atoms with van der Waals surface area (Å²) in [4.78, 5) is 36.7. The second-order valence-electron chi connectivity index (χ2n) is 8.40. The fourth-order valence-electron chi connectivity index (χ4n) is 4.36. The van der Waals surface area contributed by atoms with Gasteiger partial charge in [-0.2, -0.15) is 8.78 Å². The number of carboxylic acids is 1. The molecule has 3 rings (SSSR count). The molecule has 0 heterocycles. The number of benzene rings is 1. The van der Waals surface area contributed by atoms with Gasteiger partial charge in [0.15, 0.2) is 5.60 Å². The van der Waals surface area contributed by atoms with E-state index in [1.165, 1.54) is 24.3 Å². The fraction of sp³-hybridized carbons (Fsp3) is 0.591. The lowest BCUT2D eigenvalue weighted by atomic mass is 9.79. The van der Waals surface area contributed by atoms with Gasteiger partial charge in [-0.15, -0.1) is 0 Å². The number of aliphatic carboxylic acids is 1. The van der Waals surface area contributed by atoms with Gasteiger partial charge in [0.2, 0.25) is 0 Å². The molecule has 30 heavy (non-hydrogen) atoms. The van der Waals surface area contributed by atoms with Crippen molar-refractivity contribution in [1.82, 2.24) is 0 Å². The SMILES string of the molecule is CC1(OC(=O)c2ccccc2C(=O)OC2(C(F)(F)C(=O)[O-])CCCCC2)CCCC1. The Morgan fingerprint density at radius 2 is 1.33 bits per heavy atom. The van der Waals surface area contributed by atoms with Gasteiger partial charge in [0.1, 0.15) is 11.6 Å². The monoisotopic (exact) mass is 423 g/mol. The van der Waals surface area contributed by atoms with Gasteiger partial charge in [-0.3, -0.25) is 0 Å². The molecule has 0 aromatic heterocycles. The second-order valence-corrected chi connectivity index (χ2v) is 8.40. The van der Waals surface area contributed by atoms with E-state index in [-0.39, 0.29) is 36.8 Å². The van der Waals surface area contributed by atoms with E-state index >= 15 is 0 Å². The Kier molecular flexibility index (Phi) is 6.15. The molecule has 2 fully saturated rings. The molecule has 1 aromatic rings. The van der Waals surface area contributed by atoms with E-state index in [2.05, 4.69) is 0 Å². The molecule has 0 radical (unpaired) electrons. The van der Waals surface area contributed by atoms with Gasteiger partial charge in [-0.1, -0.05) is 18.6 Å². The highest BCUT2D eigenvalue weighted by atomic mass is 19.3. The lowest BCUT2D eigenvalue weighted by molar-refractivity contribution is -0.345. The third-order valence-corrected chi connectivity index (χ3v) is 6.15. The number of carbonyl (C=O) groups is 3. The van der Waals surface area contributed by atoms with Crippen molar-refractivity contribution in [2.24, 2.45) is 0 Å². The molecule has 0 atom stereocenters. The number of carbonyl (C=O) groups excluding carboxylic acids is 3.